The summed E-state index contributed by atoms with van der Waals surface area (Å²) in [6.07, 6.45) is 9.72. The van der Waals surface area contributed by atoms with Crippen molar-refractivity contribution in [3.63, 3.8) is 0 Å². The Morgan fingerprint density at radius 3 is 2.13 bits per heavy atom. The molecule has 0 spiro atoms. The zero-order chi connectivity index (χ0) is 11.3. The minimum absolute atomic E-state index is 0.221. The van der Waals surface area contributed by atoms with Gasteiger partial charge in [0, 0.05) is 6.21 Å². The summed E-state index contributed by atoms with van der Waals surface area (Å²) in [4.78, 5) is 0. The Labute approximate surface area is 96.2 Å². The van der Waals surface area contributed by atoms with Gasteiger partial charge in [-0.15, -0.1) is 0 Å². The van der Waals surface area contributed by atoms with E-state index in [1.165, 1.54) is 38.5 Å². The molecule has 0 saturated heterocycles. The Bertz CT molecular complexity index is 234. The summed E-state index contributed by atoms with van der Waals surface area (Å²) in [7, 11) is -1.08. The molecule has 0 heterocycles. The van der Waals surface area contributed by atoms with Crippen LogP contribution in [0, 0.1) is 5.92 Å². The summed E-state index contributed by atoms with van der Waals surface area (Å²) >= 11 is 0. The monoisotopic (exact) mass is 229 g/mol. The second-order valence-corrected chi connectivity index (χ2v) is 7.30. The lowest BCUT2D eigenvalue weighted by molar-refractivity contribution is 0.601. The SMILES string of the molecule is CC(C)(C)S(=O)N=CC1CCCCCC1. The quantitative estimate of drug-likeness (QED) is 0.526. The Kier molecular flexibility index (Phi) is 4.97. The van der Waals surface area contributed by atoms with Crippen LogP contribution in [0.1, 0.15) is 59.3 Å². The molecule has 0 N–H and O–H groups in total. The molecule has 0 radical (unpaired) electrons. The van der Waals surface area contributed by atoms with Gasteiger partial charge in [0.25, 0.3) is 0 Å². The van der Waals surface area contributed by atoms with Gasteiger partial charge >= 0.3 is 0 Å². The van der Waals surface area contributed by atoms with Gasteiger partial charge in [-0.25, -0.2) is 4.21 Å². The minimum Gasteiger partial charge on any atom is -0.234 e. The fourth-order valence-electron chi connectivity index (χ4n) is 1.76. The number of hydrogen-bond donors (Lipinski definition) is 0. The van der Waals surface area contributed by atoms with Gasteiger partial charge in [-0.2, -0.15) is 4.40 Å². The first-order valence-electron chi connectivity index (χ1n) is 5.96. The third-order valence-electron chi connectivity index (χ3n) is 2.79. The maximum Gasteiger partial charge on any atom is 0.144 e. The number of nitrogens with zero attached hydrogens (tertiary/aromatic N) is 1. The molecule has 1 aliphatic carbocycles. The van der Waals surface area contributed by atoms with Crippen molar-refractivity contribution in [3.05, 3.63) is 0 Å². The number of hydrogen-bond acceptors (Lipinski definition) is 1. The molecule has 1 rings (SSSR count). The van der Waals surface area contributed by atoms with Crippen molar-refractivity contribution >= 4 is 17.2 Å². The van der Waals surface area contributed by atoms with Gasteiger partial charge in [-0.1, -0.05) is 25.7 Å². The molecule has 1 aliphatic rings. The summed E-state index contributed by atoms with van der Waals surface area (Å²) in [6.45, 7) is 5.90. The molecule has 3 heteroatoms. The van der Waals surface area contributed by atoms with E-state index < -0.39 is 11.0 Å². The van der Waals surface area contributed by atoms with Crippen molar-refractivity contribution in [2.45, 2.75) is 64.0 Å². The van der Waals surface area contributed by atoms with Gasteiger partial charge < -0.3 is 0 Å². The molecule has 0 aromatic carbocycles. The average molecular weight is 229 g/mol. The van der Waals surface area contributed by atoms with Crippen molar-refractivity contribution in [1.82, 2.24) is 0 Å². The highest BCUT2D eigenvalue weighted by Gasteiger charge is 2.19. The van der Waals surface area contributed by atoms with E-state index in [9.17, 15) is 4.21 Å². The molecular formula is C12H23NOS. The van der Waals surface area contributed by atoms with Gasteiger partial charge in [-0.3, -0.25) is 0 Å². The molecule has 15 heavy (non-hydrogen) atoms. The van der Waals surface area contributed by atoms with E-state index in [0.717, 1.165) is 0 Å². The molecule has 0 aromatic heterocycles. The van der Waals surface area contributed by atoms with Crippen LogP contribution in [0.15, 0.2) is 4.40 Å². The van der Waals surface area contributed by atoms with E-state index in [1.54, 1.807) is 0 Å². The molecule has 0 aliphatic heterocycles. The van der Waals surface area contributed by atoms with E-state index in [0.29, 0.717) is 5.92 Å². The molecule has 1 saturated carbocycles. The van der Waals surface area contributed by atoms with Crippen LogP contribution in [0.25, 0.3) is 0 Å². The van der Waals surface area contributed by atoms with E-state index >= 15 is 0 Å². The third kappa shape index (κ3) is 4.92. The highest BCUT2D eigenvalue weighted by Crippen LogP contribution is 2.22. The lowest BCUT2D eigenvalue weighted by Gasteiger charge is -2.14. The van der Waals surface area contributed by atoms with E-state index in [-0.39, 0.29) is 4.75 Å². The predicted octanol–water partition coefficient (Wildman–Crippen LogP) is 3.49. The summed E-state index contributed by atoms with van der Waals surface area (Å²) in [5.74, 6) is 0.568. The average Bonchev–Trinajstić information content (AvgIpc) is 2.40. The van der Waals surface area contributed by atoms with Crippen LogP contribution >= 0.6 is 0 Å². The Morgan fingerprint density at radius 1 is 1.13 bits per heavy atom. The largest absolute Gasteiger partial charge is 0.234 e. The maximum absolute atomic E-state index is 11.7. The molecule has 1 unspecified atom stereocenters. The van der Waals surface area contributed by atoms with Crippen molar-refractivity contribution in [1.29, 1.82) is 0 Å². The van der Waals surface area contributed by atoms with Crippen LogP contribution in [0.3, 0.4) is 0 Å². The van der Waals surface area contributed by atoms with Gasteiger partial charge in [0.2, 0.25) is 0 Å². The molecule has 1 fully saturated rings. The standard InChI is InChI=1S/C12H23NOS/c1-12(2,3)15(14)13-10-11-8-6-4-5-7-9-11/h10-11H,4-9H2,1-3H3. The normalized spacial score (nSPS) is 22.9. The Hall–Kier alpha value is -0.180. The van der Waals surface area contributed by atoms with Gasteiger partial charge in [0.05, 0.1) is 4.75 Å². The van der Waals surface area contributed by atoms with Gasteiger partial charge in [-0.05, 0) is 39.5 Å². The first-order valence-corrected chi connectivity index (χ1v) is 7.07. The van der Waals surface area contributed by atoms with E-state index in [1.807, 2.05) is 27.0 Å². The fraction of sp³-hybridized carbons (Fsp3) is 0.917. The third-order valence-corrected chi connectivity index (χ3v) is 4.15. The molecule has 0 bridgehead atoms. The smallest absolute Gasteiger partial charge is 0.144 e. The highest BCUT2D eigenvalue weighted by atomic mass is 32.2. The van der Waals surface area contributed by atoms with Gasteiger partial charge in [0.15, 0.2) is 0 Å². The first kappa shape index (κ1) is 12.9. The van der Waals surface area contributed by atoms with Crippen molar-refractivity contribution in [2.24, 2.45) is 10.3 Å². The molecule has 2 nitrogen and oxygen atoms in total. The summed E-state index contributed by atoms with van der Waals surface area (Å²) in [5, 5.41) is 0. The summed E-state index contributed by atoms with van der Waals surface area (Å²) in [5.41, 5.74) is 0. The summed E-state index contributed by atoms with van der Waals surface area (Å²) in [6, 6.07) is 0. The number of rotatable bonds is 2. The summed E-state index contributed by atoms with van der Waals surface area (Å²) < 4.78 is 15.7. The van der Waals surface area contributed by atoms with Gasteiger partial charge in [0.1, 0.15) is 11.0 Å². The van der Waals surface area contributed by atoms with Crippen LogP contribution < -0.4 is 0 Å². The first-order chi connectivity index (χ1) is 7.00. The van der Waals surface area contributed by atoms with E-state index in [2.05, 4.69) is 4.40 Å². The second-order valence-electron chi connectivity index (χ2n) is 5.37. The lowest BCUT2D eigenvalue weighted by atomic mass is 10.0. The lowest BCUT2D eigenvalue weighted by Crippen LogP contribution is -2.20. The minimum atomic E-state index is -1.08. The second kappa shape index (κ2) is 5.78. The zero-order valence-electron chi connectivity index (χ0n) is 10.2. The molecule has 0 amide bonds. The highest BCUT2D eigenvalue weighted by molar-refractivity contribution is 7.85. The van der Waals surface area contributed by atoms with Crippen LogP contribution in [-0.2, 0) is 11.0 Å². The van der Waals surface area contributed by atoms with Crippen LogP contribution in [0.5, 0.6) is 0 Å². The van der Waals surface area contributed by atoms with Crippen LogP contribution in [0.2, 0.25) is 0 Å². The van der Waals surface area contributed by atoms with Crippen LogP contribution in [0.4, 0.5) is 0 Å². The van der Waals surface area contributed by atoms with E-state index in [4.69, 9.17) is 0 Å². The van der Waals surface area contributed by atoms with Crippen molar-refractivity contribution < 1.29 is 4.21 Å². The molecule has 1 atom stereocenters. The molecular weight excluding hydrogens is 206 g/mol. The zero-order valence-corrected chi connectivity index (χ0v) is 11.0. The van der Waals surface area contributed by atoms with Crippen molar-refractivity contribution in [2.75, 3.05) is 0 Å². The molecule has 0 aromatic rings. The molecule has 88 valence electrons. The maximum atomic E-state index is 11.7. The fourth-order valence-corrected chi connectivity index (χ4v) is 2.36. The van der Waals surface area contributed by atoms with Crippen LogP contribution in [-0.4, -0.2) is 15.2 Å². The predicted molar refractivity (Wildman–Crippen MR) is 67.6 cm³/mol. The topological polar surface area (TPSA) is 29.4 Å². The van der Waals surface area contributed by atoms with Crippen molar-refractivity contribution in [3.8, 4) is 0 Å². The Balaban J connectivity index is 2.45. The Morgan fingerprint density at radius 2 is 1.67 bits per heavy atom.